The van der Waals surface area contributed by atoms with E-state index < -0.39 is 31.3 Å². The lowest BCUT2D eigenvalue weighted by atomic mass is 10.2. The third-order valence-electron chi connectivity index (χ3n) is 5.51. The third kappa shape index (κ3) is 2.73. The van der Waals surface area contributed by atoms with Crippen molar-refractivity contribution in [3.05, 3.63) is 22.7 Å². The molecular formula is C15H27N3O4Si. The van der Waals surface area contributed by atoms with Gasteiger partial charge in [-0.05, 0) is 11.1 Å². The van der Waals surface area contributed by atoms with Gasteiger partial charge in [0, 0.05) is 12.6 Å². The summed E-state index contributed by atoms with van der Waals surface area (Å²) in [6.45, 7) is 10.3. The first kappa shape index (κ1) is 18.1. The molecule has 2 heterocycles. The molecule has 7 nitrogen and oxygen atoms in total. The monoisotopic (exact) mass is 341 g/mol. The minimum Gasteiger partial charge on any atom is -0.394 e. The summed E-state index contributed by atoms with van der Waals surface area (Å²) < 4.78 is 7.61. The van der Waals surface area contributed by atoms with Gasteiger partial charge in [-0.2, -0.15) is 4.98 Å². The highest BCUT2D eigenvalue weighted by atomic mass is 28.3. The van der Waals surface area contributed by atoms with E-state index in [1.54, 1.807) is 12.3 Å². The molecule has 0 amide bonds. The van der Waals surface area contributed by atoms with Crippen LogP contribution in [0, 0.1) is 0 Å². The molecule has 23 heavy (non-hydrogen) atoms. The quantitative estimate of drug-likeness (QED) is 0.697. The van der Waals surface area contributed by atoms with Crippen molar-refractivity contribution >= 4 is 13.9 Å². The molecule has 3 atom stereocenters. The van der Waals surface area contributed by atoms with Crippen LogP contribution in [-0.4, -0.2) is 46.7 Å². The molecule has 0 aliphatic carbocycles. The van der Waals surface area contributed by atoms with Gasteiger partial charge in [-0.3, -0.25) is 4.57 Å². The van der Waals surface area contributed by atoms with Crippen molar-refractivity contribution in [2.75, 3.05) is 12.3 Å². The summed E-state index contributed by atoms with van der Waals surface area (Å²) in [6.07, 6.45) is 0.282. The summed E-state index contributed by atoms with van der Waals surface area (Å²) in [5.41, 5.74) is 5.10. The Labute approximate surface area is 137 Å². The minimum atomic E-state index is -2.32. The van der Waals surface area contributed by atoms with Gasteiger partial charge in [0.2, 0.25) is 0 Å². The van der Waals surface area contributed by atoms with Gasteiger partial charge in [-0.25, -0.2) is 4.79 Å². The Morgan fingerprint density at radius 3 is 2.57 bits per heavy atom. The molecule has 1 aliphatic heterocycles. The first-order chi connectivity index (χ1) is 10.5. The molecule has 0 bridgehead atoms. The van der Waals surface area contributed by atoms with E-state index in [0.717, 1.165) is 0 Å². The second-order valence-electron chi connectivity index (χ2n) is 7.77. The lowest BCUT2D eigenvalue weighted by Gasteiger charge is -2.50. The normalized spacial score (nSPS) is 29.0. The van der Waals surface area contributed by atoms with Crippen LogP contribution in [-0.2, 0) is 10.1 Å². The van der Waals surface area contributed by atoms with Crippen LogP contribution in [0.25, 0.3) is 0 Å². The summed E-state index contributed by atoms with van der Waals surface area (Å²) in [7, 11) is -2.32. The van der Waals surface area contributed by atoms with Gasteiger partial charge in [0.25, 0.3) is 0 Å². The predicted octanol–water partition coefficient (Wildman–Crippen LogP) is 0.668. The number of nitrogen functional groups attached to an aromatic ring is 1. The van der Waals surface area contributed by atoms with Crippen molar-refractivity contribution < 1.29 is 14.9 Å². The number of nitrogens with two attached hydrogens (primary N) is 1. The predicted molar refractivity (Wildman–Crippen MR) is 90.7 cm³/mol. The van der Waals surface area contributed by atoms with Crippen molar-refractivity contribution in [2.45, 2.75) is 62.9 Å². The largest absolute Gasteiger partial charge is 0.394 e. The van der Waals surface area contributed by atoms with Gasteiger partial charge in [0.15, 0.2) is 0 Å². The van der Waals surface area contributed by atoms with Crippen LogP contribution >= 0.6 is 0 Å². The van der Waals surface area contributed by atoms with Crippen LogP contribution < -0.4 is 11.4 Å². The molecule has 0 spiro atoms. The zero-order valence-corrected chi connectivity index (χ0v) is 15.4. The van der Waals surface area contributed by atoms with Crippen LogP contribution in [0.2, 0.25) is 18.1 Å². The van der Waals surface area contributed by atoms with E-state index in [1.165, 1.54) is 4.57 Å². The maximum Gasteiger partial charge on any atom is 0.351 e. The summed E-state index contributed by atoms with van der Waals surface area (Å²) in [6, 6.07) is 1.55. The minimum absolute atomic E-state index is 0.113. The number of rotatable bonds is 3. The van der Waals surface area contributed by atoms with Gasteiger partial charge in [-0.15, -0.1) is 0 Å². The first-order valence-corrected chi connectivity index (χ1v) is 10.8. The van der Waals surface area contributed by atoms with Crippen LogP contribution in [0.3, 0.4) is 0 Å². The fourth-order valence-corrected chi connectivity index (χ4v) is 6.20. The molecule has 8 heteroatoms. The highest BCUT2D eigenvalue weighted by Crippen LogP contribution is 2.51. The molecule has 0 aromatic carbocycles. The molecule has 1 saturated heterocycles. The van der Waals surface area contributed by atoms with E-state index in [2.05, 4.69) is 38.8 Å². The van der Waals surface area contributed by atoms with Crippen molar-refractivity contribution in [2.24, 2.45) is 0 Å². The maximum absolute atomic E-state index is 12.5. The number of aliphatic hydroxyl groups excluding tert-OH is 2. The lowest BCUT2D eigenvalue weighted by Crippen LogP contribution is -2.63. The Morgan fingerprint density at radius 1 is 1.52 bits per heavy atom. The van der Waals surface area contributed by atoms with Crippen LogP contribution in [0.4, 0.5) is 5.82 Å². The number of anilines is 1. The van der Waals surface area contributed by atoms with Gasteiger partial charge < -0.3 is 20.7 Å². The number of aliphatic hydroxyl groups is 2. The molecular weight excluding hydrogens is 314 g/mol. The Morgan fingerprint density at radius 2 is 2.13 bits per heavy atom. The van der Waals surface area contributed by atoms with Crippen molar-refractivity contribution in [3.63, 3.8) is 0 Å². The fraction of sp³-hybridized carbons (Fsp3) is 0.733. The van der Waals surface area contributed by atoms with E-state index in [-0.39, 0.29) is 23.9 Å². The zero-order chi connectivity index (χ0) is 17.6. The van der Waals surface area contributed by atoms with E-state index in [4.69, 9.17) is 10.5 Å². The van der Waals surface area contributed by atoms with E-state index in [9.17, 15) is 15.0 Å². The van der Waals surface area contributed by atoms with E-state index in [0.29, 0.717) is 0 Å². The Kier molecular flexibility index (Phi) is 4.49. The lowest BCUT2D eigenvalue weighted by molar-refractivity contribution is -0.0776. The van der Waals surface area contributed by atoms with Gasteiger partial charge >= 0.3 is 5.69 Å². The highest BCUT2D eigenvalue weighted by molar-refractivity contribution is 6.81. The molecule has 2 rings (SSSR count). The van der Waals surface area contributed by atoms with Gasteiger partial charge in [-0.1, -0.05) is 33.9 Å². The number of ether oxygens (including phenoxy) is 1. The second kappa shape index (κ2) is 5.69. The van der Waals surface area contributed by atoms with Crippen LogP contribution in [0.15, 0.2) is 17.1 Å². The number of hydrogen-bond donors (Lipinski definition) is 3. The molecule has 1 aliphatic rings. The SMILES string of the molecule is CC(C)(C)[Si](C)(C)[C@]1(n2ccc(N)nc2=O)C[C@H](O)[C@@H](CO)O1. The topological polar surface area (TPSA) is 111 Å². The second-order valence-corrected chi connectivity index (χ2v) is 13.3. The van der Waals surface area contributed by atoms with Crippen molar-refractivity contribution in [1.29, 1.82) is 0 Å². The Hall–Kier alpha value is -1.22. The van der Waals surface area contributed by atoms with E-state index in [1.807, 2.05) is 0 Å². The fourth-order valence-electron chi connectivity index (χ4n) is 3.09. The molecule has 4 N–H and O–H groups in total. The molecule has 130 valence electrons. The van der Waals surface area contributed by atoms with Gasteiger partial charge in [0.05, 0.1) is 12.7 Å². The zero-order valence-electron chi connectivity index (χ0n) is 14.4. The van der Waals surface area contributed by atoms with Crippen LogP contribution in [0.1, 0.15) is 27.2 Å². The summed E-state index contributed by atoms with van der Waals surface area (Å²) in [4.78, 5) is 16.3. The average molecular weight is 341 g/mol. The van der Waals surface area contributed by atoms with Gasteiger partial charge in [0.1, 0.15) is 25.3 Å². The summed E-state index contributed by atoms with van der Waals surface area (Å²) >= 11 is 0. The van der Waals surface area contributed by atoms with Crippen molar-refractivity contribution in [3.8, 4) is 0 Å². The molecule has 1 fully saturated rings. The average Bonchev–Trinajstić information content (AvgIpc) is 2.75. The Bertz CT molecular complexity index is 640. The highest BCUT2D eigenvalue weighted by Gasteiger charge is 2.61. The van der Waals surface area contributed by atoms with Crippen LogP contribution in [0.5, 0.6) is 0 Å². The summed E-state index contributed by atoms with van der Waals surface area (Å²) in [5.74, 6) is 0.147. The smallest absolute Gasteiger partial charge is 0.351 e. The molecule has 0 saturated carbocycles. The molecule has 1 aromatic rings. The maximum atomic E-state index is 12.5. The molecule has 1 aromatic heterocycles. The van der Waals surface area contributed by atoms with E-state index >= 15 is 0 Å². The molecule has 0 unspecified atom stereocenters. The van der Waals surface area contributed by atoms with Crippen molar-refractivity contribution in [1.82, 2.24) is 9.55 Å². The number of aromatic nitrogens is 2. The standard InChI is InChI=1S/C15H27N3O4Si/c1-14(2,3)23(4,5)15(8-10(20)11(9-19)22-15)18-7-6-12(16)17-13(18)21/h6-7,10-11,19-20H,8-9H2,1-5H3,(H2,16,17,21)/t10-,11+,15-/m0/s1. The number of hydrogen-bond acceptors (Lipinski definition) is 6. The summed E-state index contributed by atoms with van der Waals surface area (Å²) in [5, 5.41) is 18.7. The number of nitrogens with zero attached hydrogens (tertiary/aromatic N) is 2. The Balaban J connectivity index is 2.70. The third-order valence-corrected chi connectivity index (χ3v) is 11.8. The first-order valence-electron chi connectivity index (χ1n) is 7.79. The molecule has 0 radical (unpaired) electrons.